The topological polar surface area (TPSA) is 139 Å². The highest BCUT2D eigenvalue weighted by Crippen LogP contribution is 2.29. The molecule has 0 saturated carbocycles. The van der Waals surface area contributed by atoms with Gasteiger partial charge in [0.2, 0.25) is 21.8 Å². The maximum Gasteiger partial charge on any atom is 0.261 e. The molecule has 1 aromatic heterocycles. The summed E-state index contributed by atoms with van der Waals surface area (Å²) < 4.78 is 30.3. The molecule has 2 aliphatic heterocycles. The highest BCUT2D eigenvalue weighted by Gasteiger charge is 2.35. The van der Waals surface area contributed by atoms with Crippen LogP contribution in [0.4, 0.5) is 5.69 Å². The number of hydrogen-bond acceptors (Lipinski definition) is 8. The largest absolute Gasteiger partial charge is 0.396 e. The highest BCUT2D eigenvalue weighted by molar-refractivity contribution is 7.89. The Morgan fingerprint density at radius 3 is 2.62 bits per heavy atom. The van der Waals surface area contributed by atoms with Gasteiger partial charge in [-0.15, -0.1) is 11.3 Å². The van der Waals surface area contributed by atoms with Gasteiger partial charge in [0.15, 0.2) is 0 Å². The Morgan fingerprint density at radius 1 is 1.20 bits per heavy atom. The summed E-state index contributed by atoms with van der Waals surface area (Å²) in [6.45, 7) is 3.06. The molecule has 3 N–H and O–H groups in total. The molecule has 1 unspecified atom stereocenters. The number of aliphatic hydroxyl groups excluding tert-OH is 1. The maximum atomic E-state index is 13.7. The average Bonchev–Trinajstić information content (AvgIpc) is 3.55. The van der Waals surface area contributed by atoms with Crippen molar-refractivity contribution in [2.75, 3.05) is 51.3 Å². The van der Waals surface area contributed by atoms with E-state index in [2.05, 4.69) is 14.9 Å². The lowest BCUT2D eigenvalue weighted by Gasteiger charge is -2.40. The molecule has 218 valence electrons. The number of aliphatic hydroxyl groups is 1. The predicted molar refractivity (Wildman–Crippen MR) is 153 cm³/mol. The fourth-order valence-electron chi connectivity index (χ4n) is 5.06. The van der Waals surface area contributed by atoms with Crippen LogP contribution >= 0.6 is 22.9 Å². The molecule has 14 heteroatoms. The van der Waals surface area contributed by atoms with Gasteiger partial charge in [-0.2, -0.15) is 4.72 Å². The normalized spacial score (nSPS) is 19.2. The minimum Gasteiger partial charge on any atom is -0.396 e. The van der Waals surface area contributed by atoms with Crippen molar-refractivity contribution in [1.29, 1.82) is 0 Å². The van der Waals surface area contributed by atoms with Crippen molar-refractivity contribution >= 4 is 56.4 Å². The zero-order valence-electron chi connectivity index (χ0n) is 22.4. The van der Waals surface area contributed by atoms with Crippen LogP contribution in [0.1, 0.15) is 34.5 Å². The smallest absolute Gasteiger partial charge is 0.261 e. The van der Waals surface area contributed by atoms with Crippen LogP contribution in [0.15, 0.2) is 35.2 Å². The van der Waals surface area contributed by atoms with E-state index >= 15 is 0 Å². The minimum absolute atomic E-state index is 0.0400. The lowest BCUT2D eigenvalue weighted by Crippen LogP contribution is -2.59. The van der Waals surface area contributed by atoms with Crippen LogP contribution in [0.2, 0.25) is 4.34 Å². The standard InChI is InChI=1S/C26H34ClN5O6S2/c1-17-20(32-11-4-7-24(32)34)5-3-6-22(17)40(37,38)29-19(15-28-25(35)21-8-9-23(27)39-21)26(36)31-13-12-30(2)18(16-31)10-14-33/h3,5-6,8-9,18-19,29,33H,4,7,10-16H2,1-2H3,(H,28,35)/t18?,19-/m0/s1. The molecule has 2 aromatic rings. The first kappa shape index (κ1) is 30.4. The van der Waals surface area contributed by atoms with Gasteiger partial charge in [-0.3, -0.25) is 19.3 Å². The molecule has 0 bridgehead atoms. The Bertz CT molecular complexity index is 1370. The summed E-state index contributed by atoms with van der Waals surface area (Å²) in [5, 5.41) is 12.1. The number of benzene rings is 1. The summed E-state index contributed by atoms with van der Waals surface area (Å²) >= 11 is 7.02. The van der Waals surface area contributed by atoms with Crippen molar-refractivity contribution in [2.45, 2.75) is 43.2 Å². The number of amides is 3. The van der Waals surface area contributed by atoms with E-state index < -0.39 is 27.9 Å². The molecule has 3 amide bonds. The Balaban J connectivity index is 1.59. The van der Waals surface area contributed by atoms with E-state index in [0.717, 1.165) is 11.3 Å². The molecule has 3 heterocycles. The quantitative estimate of drug-likeness (QED) is 0.369. The fraction of sp³-hybridized carbons (Fsp3) is 0.500. The van der Waals surface area contributed by atoms with Gasteiger partial charge >= 0.3 is 0 Å². The minimum atomic E-state index is -4.24. The van der Waals surface area contributed by atoms with Crippen molar-refractivity contribution < 1.29 is 27.9 Å². The Kier molecular flexibility index (Phi) is 9.85. The molecule has 0 radical (unpaired) electrons. The number of likely N-dealkylation sites (N-methyl/N-ethyl adjacent to an activating group) is 1. The highest BCUT2D eigenvalue weighted by atomic mass is 35.5. The van der Waals surface area contributed by atoms with Gasteiger partial charge < -0.3 is 20.2 Å². The molecule has 0 spiro atoms. The number of anilines is 1. The van der Waals surface area contributed by atoms with Crippen LogP contribution in [-0.2, 0) is 19.6 Å². The van der Waals surface area contributed by atoms with E-state index in [9.17, 15) is 27.9 Å². The van der Waals surface area contributed by atoms with Gasteiger partial charge in [-0.05, 0) is 56.6 Å². The van der Waals surface area contributed by atoms with E-state index in [1.165, 1.54) is 6.07 Å². The first-order valence-corrected chi connectivity index (χ1v) is 15.8. The van der Waals surface area contributed by atoms with E-state index in [0.29, 0.717) is 65.9 Å². The zero-order chi connectivity index (χ0) is 29.0. The van der Waals surface area contributed by atoms with Crippen molar-refractivity contribution in [3.63, 3.8) is 0 Å². The molecule has 2 aliphatic rings. The van der Waals surface area contributed by atoms with E-state index in [4.69, 9.17) is 11.6 Å². The molecular formula is C26H34ClN5O6S2. The van der Waals surface area contributed by atoms with Crippen molar-refractivity contribution in [1.82, 2.24) is 19.8 Å². The Hall–Kier alpha value is -2.55. The molecule has 40 heavy (non-hydrogen) atoms. The number of carbonyl (C=O) groups excluding carboxylic acids is 3. The number of nitrogens with zero attached hydrogens (tertiary/aromatic N) is 3. The van der Waals surface area contributed by atoms with Crippen LogP contribution in [0, 0.1) is 6.92 Å². The molecule has 11 nitrogen and oxygen atoms in total. The Labute approximate surface area is 243 Å². The third-order valence-electron chi connectivity index (χ3n) is 7.32. The second-order valence-corrected chi connectivity index (χ2v) is 13.4. The summed E-state index contributed by atoms with van der Waals surface area (Å²) in [6, 6.07) is 6.47. The number of hydrogen-bond donors (Lipinski definition) is 3. The summed E-state index contributed by atoms with van der Waals surface area (Å²) in [4.78, 5) is 44.3. The second kappa shape index (κ2) is 13.0. The van der Waals surface area contributed by atoms with Gasteiger partial charge in [0.05, 0.1) is 14.1 Å². The Morgan fingerprint density at radius 2 is 1.98 bits per heavy atom. The van der Waals surface area contributed by atoms with Crippen molar-refractivity contribution in [3.8, 4) is 0 Å². The van der Waals surface area contributed by atoms with Gasteiger partial charge in [0.25, 0.3) is 5.91 Å². The molecule has 0 aliphatic carbocycles. The zero-order valence-corrected chi connectivity index (χ0v) is 24.8. The number of rotatable bonds is 10. The predicted octanol–water partition coefficient (Wildman–Crippen LogP) is 1.44. The van der Waals surface area contributed by atoms with Gasteiger partial charge in [0, 0.05) is 57.5 Å². The van der Waals surface area contributed by atoms with Crippen LogP contribution in [0.3, 0.4) is 0 Å². The van der Waals surface area contributed by atoms with Crippen LogP contribution in [0.25, 0.3) is 0 Å². The summed E-state index contributed by atoms with van der Waals surface area (Å²) in [7, 11) is -2.33. The second-order valence-electron chi connectivity index (χ2n) is 9.97. The van der Waals surface area contributed by atoms with Crippen molar-refractivity contribution in [2.24, 2.45) is 0 Å². The number of sulfonamides is 1. The fourth-order valence-corrected chi connectivity index (χ4v) is 7.48. The third kappa shape index (κ3) is 6.84. The first-order valence-electron chi connectivity index (χ1n) is 13.1. The number of nitrogens with one attached hydrogen (secondary N) is 2. The summed E-state index contributed by atoms with van der Waals surface area (Å²) in [5.74, 6) is -1.02. The molecular weight excluding hydrogens is 578 g/mol. The SMILES string of the molecule is Cc1c(N2CCCC2=O)cccc1S(=O)(=O)N[C@@H](CNC(=O)c1ccc(Cl)s1)C(=O)N1CCN(C)C(CCO)C1. The van der Waals surface area contributed by atoms with E-state index in [-0.39, 0.29) is 30.0 Å². The average molecular weight is 612 g/mol. The lowest BCUT2D eigenvalue weighted by atomic mass is 10.1. The number of thiophene rings is 1. The van der Waals surface area contributed by atoms with Gasteiger partial charge in [0.1, 0.15) is 6.04 Å². The van der Waals surface area contributed by atoms with Crippen LogP contribution < -0.4 is 14.9 Å². The molecule has 2 saturated heterocycles. The van der Waals surface area contributed by atoms with Crippen molar-refractivity contribution in [3.05, 3.63) is 45.1 Å². The first-order chi connectivity index (χ1) is 19.0. The third-order valence-corrected chi connectivity index (χ3v) is 10.2. The van der Waals surface area contributed by atoms with Crippen LogP contribution in [0.5, 0.6) is 0 Å². The number of halogens is 1. The molecule has 4 rings (SSSR count). The monoisotopic (exact) mass is 611 g/mol. The van der Waals surface area contributed by atoms with Crippen LogP contribution in [-0.4, -0.2) is 99.5 Å². The number of carbonyl (C=O) groups is 3. The maximum absolute atomic E-state index is 13.7. The van der Waals surface area contributed by atoms with Gasteiger partial charge in [-0.25, -0.2) is 8.42 Å². The summed E-state index contributed by atoms with van der Waals surface area (Å²) in [6.07, 6.45) is 1.57. The lowest BCUT2D eigenvalue weighted by molar-refractivity contribution is -0.135. The van der Waals surface area contributed by atoms with Gasteiger partial charge in [-0.1, -0.05) is 17.7 Å². The van der Waals surface area contributed by atoms with E-state index in [1.54, 1.807) is 41.0 Å². The molecule has 2 fully saturated rings. The molecule has 2 atom stereocenters. The number of piperazine rings is 1. The summed E-state index contributed by atoms with van der Waals surface area (Å²) in [5.41, 5.74) is 0.915. The van der Waals surface area contributed by atoms with E-state index in [1.807, 2.05) is 7.05 Å². The molecule has 1 aromatic carbocycles.